The van der Waals surface area contributed by atoms with Gasteiger partial charge in [-0.2, -0.15) is 13.2 Å². The quantitative estimate of drug-likeness (QED) is 0.660. The second-order valence-electron chi connectivity index (χ2n) is 4.31. The second kappa shape index (κ2) is 4.59. The Balaban J connectivity index is 2.25. The van der Waals surface area contributed by atoms with Gasteiger partial charge in [0.1, 0.15) is 0 Å². The molecule has 0 saturated heterocycles. The predicted octanol–water partition coefficient (Wildman–Crippen LogP) is 4.32. The minimum Gasteiger partial charge on any atom is -0.264 e. The maximum absolute atomic E-state index is 13.0. The molecule has 3 rings (SSSR count). The van der Waals surface area contributed by atoms with Gasteiger partial charge in [-0.3, -0.25) is 4.98 Å². The van der Waals surface area contributed by atoms with Crippen LogP contribution in [0.3, 0.4) is 0 Å². The highest BCUT2D eigenvalue weighted by atomic mass is 19.4. The number of alkyl halides is 3. The van der Waals surface area contributed by atoms with Crippen LogP contribution in [0.1, 0.15) is 5.56 Å². The molecule has 0 aliphatic heterocycles. The highest BCUT2D eigenvalue weighted by molar-refractivity contribution is 5.84. The van der Waals surface area contributed by atoms with Gasteiger partial charge in [-0.1, -0.05) is 18.2 Å². The van der Waals surface area contributed by atoms with Crippen LogP contribution < -0.4 is 0 Å². The largest absolute Gasteiger partial charge is 0.418 e. The number of pyridine rings is 2. The molecule has 0 atom stereocenters. The number of aromatic nitrogens is 2. The molecule has 0 N–H and O–H groups in total. The highest BCUT2D eigenvalue weighted by Gasteiger charge is 2.33. The number of benzene rings is 1. The number of hydrogen-bond donors (Lipinski definition) is 0. The zero-order chi connectivity index (χ0) is 14.2. The van der Waals surface area contributed by atoms with Gasteiger partial charge in [0.2, 0.25) is 0 Å². The number of fused-ring (bicyclic) bond motifs is 1. The average molecular weight is 274 g/mol. The van der Waals surface area contributed by atoms with Crippen molar-refractivity contribution in [2.45, 2.75) is 6.18 Å². The van der Waals surface area contributed by atoms with E-state index >= 15 is 0 Å². The van der Waals surface area contributed by atoms with Crippen molar-refractivity contribution in [1.29, 1.82) is 0 Å². The van der Waals surface area contributed by atoms with E-state index in [1.807, 2.05) is 0 Å². The normalized spacial score (nSPS) is 11.8. The summed E-state index contributed by atoms with van der Waals surface area (Å²) >= 11 is 0. The molecule has 100 valence electrons. The first kappa shape index (κ1) is 12.6. The van der Waals surface area contributed by atoms with Crippen molar-refractivity contribution in [3.63, 3.8) is 0 Å². The van der Waals surface area contributed by atoms with Crippen LogP contribution in [0.4, 0.5) is 13.2 Å². The van der Waals surface area contributed by atoms with Gasteiger partial charge < -0.3 is 0 Å². The Hall–Kier alpha value is -2.43. The fourth-order valence-electron chi connectivity index (χ4n) is 2.05. The van der Waals surface area contributed by atoms with E-state index in [0.29, 0.717) is 16.6 Å². The Morgan fingerprint density at radius 2 is 1.75 bits per heavy atom. The summed E-state index contributed by atoms with van der Waals surface area (Å²) in [6.45, 7) is 0. The lowest BCUT2D eigenvalue weighted by atomic mass is 10.1. The standard InChI is InChI=1S/C15H9F3N2/c16-15(17,18)12-5-1-3-10-6-7-13(20-14(10)12)11-4-2-8-19-9-11/h1-9H. The third kappa shape index (κ3) is 2.22. The summed E-state index contributed by atoms with van der Waals surface area (Å²) in [4.78, 5) is 8.10. The van der Waals surface area contributed by atoms with Gasteiger partial charge in [-0.15, -0.1) is 0 Å². The molecule has 0 radical (unpaired) electrons. The molecule has 2 aromatic heterocycles. The van der Waals surface area contributed by atoms with Crippen molar-refractivity contribution in [2.75, 3.05) is 0 Å². The molecule has 0 unspecified atom stereocenters. The molecule has 20 heavy (non-hydrogen) atoms. The van der Waals surface area contributed by atoms with Crippen molar-refractivity contribution in [3.05, 3.63) is 60.4 Å². The maximum Gasteiger partial charge on any atom is 0.418 e. The minimum atomic E-state index is -4.42. The highest BCUT2D eigenvalue weighted by Crippen LogP contribution is 2.34. The van der Waals surface area contributed by atoms with E-state index in [0.717, 1.165) is 6.07 Å². The van der Waals surface area contributed by atoms with E-state index in [1.165, 1.54) is 6.07 Å². The van der Waals surface area contributed by atoms with Crippen molar-refractivity contribution in [1.82, 2.24) is 9.97 Å². The van der Waals surface area contributed by atoms with Crippen LogP contribution in [0, 0.1) is 0 Å². The van der Waals surface area contributed by atoms with Gasteiger partial charge in [0.05, 0.1) is 16.8 Å². The van der Waals surface area contributed by atoms with Crippen molar-refractivity contribution in [2.24, 2.45) is 0 Å². The Kier molecular flexibility index (Phi) is 2.89. The van der Waals surface area contributed by atoms with E-state index < -0.39 is 11.7 Å². The summed E-state index contributed by atoms with van der Waals surface area (Å²) in [5.74, 6) is 0. The molecule has 0 amide bonds. The Bertz CT molecular complexity index is 752. The third-order valence-corrected chi connectivity index (χ3v) is 2.98. The van der Waals surface area contributed by atoms with E-state index in [9.17, 15) is 13.2 Å². The summed E-state index contributed by atoms with van der Waals surface area (Å²) in [6.07, 6.45) is -1.24. The lowest BCUT2D eigenvalue weighted by Gasteiger charge is -2.10. The zero-order valence-electron chi connectivity index (χ0n) is 10.2. The fourth-order valence-corrected chi connectivity index (χ4v) is 2.05. The van der Waals surface area contributed by atoms with Gasteiger partial charge >= 0.3 is 6.18 Å². The van der Waals surface area contributed by atoms with Crippen LogP contribution in [0.15, 0.2) is 54.9 Å². The fraction of sp³-hybridized carbons (Fsp3) is 0.0667. The Labute approximate surface area is 112 Å². The first-order valence-electron chi connectivity index (χ1n) is 5.93. The van der Waals surface area contributed by atoms with Crippen LogP contribution >= 0.6 is 0 Å². The third-order valence-electron chi connectivity index (χ3n) is 2.98. The molecule has 0 fully saturated rings. The molecular formula is C15H9F3N2. The number of hydrogen-bond acceptors (Lipinski definition) is 2. The lowest BCUT2D eigenvalue weighted by Crippen LogP contribution is -2.06. The average Bonchev–Trinajstić information content (AvgIpc) is 2.46. The van der Waals surface area contributed by atoms with Gasteiger partial charge in [0.15, 0.2) is 0 Å². The molecular weight excluding hydrogens is 265 g/mol. The zero-order valence-corrected chi connectivity index (χ0v) is 10.2. The van der Waals surface area contributed by atoms with Crippen LogP contribution in [0.2, 0.25) is 0 Å². The first-order chi connectivity index (χ1) is 9.55. The number of halogens is 3. The number of rotatable bonds is 1. The molecule has 2 nitrogen and oxygen atoms in total. The minimum absolute atomic E-state index is 0.0404. The molecule has 0 bridgehead atoms. The van der Waals surface area contributed by atoms with Gasteiger partial charge in [0.25, 0.3) is 0 Å². The van der Waals surface area contributed by atoms with Gasteiger partial charge in [-0.05, 0) is 24.3 Å². The van der Waals surface area contributed by atoms with E-state index in [-0.39, 0.29) is 5.52 Å². The van der Waals surface area contributed by atoms with Crippen LogP contribution in [-0.4, -0.2) is 9.97 Å². The maximum atomic E-state index is 13.0. The number of para-hydroxylation sites is 1. The van der Waals surface area contributed by atoms with E-state index in [1.54, 1.807) is 42.7 Å². The van der Waals surface area contributed by atoms with Crippen LogP contribution in [0.25, 0.3) is 22.2 Å². The second-order valence-corrected chi connectivity index (χ2v) is 4.31. The molecule has 0 aliphatic carbocycles. The lowest BCUT2D eigenvalue weighted by molar-refractivity contribution is -0.136. The topological polar surface area (TPSA) is 25.8 Å². The van der Waals surface area contributed by atoms with Gasteiger partial charge in [0, 0.05) is 23.3 Å². The van der Waals surface area contributed by atoms with E-state index in [4.69, 9.17) is 0 Å². The molecule has 2 heterocycles. The number of nitrogens with zero attached hydrogens (tertiary/aromatic N) is 2. The van der Waals surface area contributed by atoms with Crippen molar-refractivity contribution < 1.29 is 13.2 Å². The SMILES string of the molecule is FC(F)(F)c1cccc2ccc(-c3cccnc3)nc12. The smallest absolute Gasteiger partial charge is 0.264 e. The first-order valence-corrected chi connectivity index (χ1v) is 5.93. The molecule has 0 aliphatic rings. The monoisotopic (exact) mass is 274 g/mol. The van der Waals surface area contributed by atoms with Gasteiger partial charge in [-0.25, -0.2) is 4.98 Å². The Morgan fingerprint density at radius 1 is 0.900 bits per heavy atom. The molecule has 3 aromatic rings. The molecule has 0 spiro atoms. The summed E-state index contributed by atoms with van der Waals surface area (Å²) < 4.78 is 39.0. The Morgan fingerprint density at radius 3 is 2.45 bits per heavy atom. The summed E-state index contributed by atoms with van der Waals surface area (Å²) in [7, 11) is 0. The van der Waals surface area contributed by atoms with Crippen molar-refractivity contribution >= 4 is 10.9 Å². The summed E-state index contributed by atoms with van der Waals surface area (Å²) in [5, 5.41) is 0.465. The van der Waals surface area contributed by atoms with E-state index in [2.05, 4.69) is 9.97 Å². The molecule has 0 saturated carbocycles. The summed E-state index contributed by atoms with van der Waals surface area (Å²) in [5.41, 5.74) is 0.399. The predicted molar refractivity (Wildman–Crippen MR) is 70.0 cm³/mol. The van der Waals surface area contributed by atoms with Crippen LogP contribution in [0.5, 0.6) is 0 Å². The van der Waals surface area contributed by atoms with Crippen molar-refractivity contribution in [3.8, 4) is 11.3 Å². The summed E-state index contributed by atoms with van der Waals surface area (Å²) in [6, 6.07) is 10.9. The molecule has 5 heteroatoms. The molecule has 1 aromatic carbocycles. The van der Waals surface area contributed by atoms with Crippen LogP contribution in [-0.2, 0) is 6.18 Å².